The smallest absolute Gasteiger partial charge is 0.261 e. The second-order valence-electron chi connectivity index (χ2n) is 7.01. The lowest BCUT2D eigenvalue weighted by Crippen LogP contribution is -2.26. The predicted molar refractivity (Wildman–Crippen MR) is 117 cm³/mol. The minimum atomic E-state index is -3.84. The van der Waals surface area contributed by atoms with E-state index >= 15 is 0 Å². The molecule has 0 saturated carbocycles. The third-order valence-corrected chi connectivity index (χ3v) is 6.00. The number of methoxy groups -OCH3 is 1. The largest absolute Gasteiger partial charge is 0.497 e. The van der Waals surface area contributed by atoms with Crippen LogP contribution in [-0.2, 0) is 16.6 Å². The molecule has 6 nitrogen and oxygen atoms in total. The molecule has 0 aromatic heterocycles. The quantitative estimate of drug-likeness (QED) is 0.620. The number of aryl methyl sites for hydroxylation is 1. The maximum Gasteiger partial charge on any atom is 0.261 e. The number of sulfonamides is 1. The molecule has 0 spiro atoms. The molecule has 30 heavy (non-hydrogen) atoms. The number of carbonyl (C=O) groups is 1. The van der Waals surface area contributed by atoms with E-state index in [4.69, 9.17) is 4.74 Å². The number of amides is 1. The zero-order valence-electron chi connectivity index (χ0n) is 17.1. The van der Waals surface area contributed by atoms with Crippen molar-refractivity contribution in [2.75, 3.05) is 18.9 Å². The van der Waals surface area contributed by atoms with Crippen LogP contribution < -0.4 is 9.46 Å². The molecule has 0 aliphatic rings. The average Bonchev–Trinajstić information content (AvgIpc) is 2.75. The number of nitrogens with zero attached hydrogens (tertiary/aromatic N) is 1. The molecule has 0 fully saturated rings. The van der Waals surface area contributed by atoms with Crippen LogP contribution in [-0.4, -0.2) is 33.4 Å². The van der Waals surface area contributed by atoms with E-state index in [0.717, 1.165) is 11.1 Å². The summed E-state index contributed by atoms with van der Waals surface area (Å²) in [7, 11) is -0.607. The van der Waals surface area contributed by atoms with Gasteiger partial charge in [0.15, 0.2) is 0 Å². The van der Waals surface area contributed by atoms with Gasteiger partial charge in [-0.3, -0.25) is 9.52 Å². The molecule has 156 valence electrons. The molecule has 3 rings (SSSR count). The summed E-state index contributed by atoms with van der Waals surface area (Å²) in [5.74, 6) is 0.374. The van der Waals surface area contributed by atoms with Crippen LogP contribution in [0, 0.1) is 6.92 Å². The molecule has 0 aliphatic carbocycles. The fourth-order valence-electron chi connectivity index (χ4n) is 2.93. The van der Waals surface area contributed by atoms with Gasteiger partial charge in [-0.25, -0.2) is 8.42 Å². The Balaban J connectivity index is 1.76. The van der Waals surface area contributed by atoms with E-state index in [1.807, 2.05) is 31.2 Å². The Labute approximate surface area is 177 Å². The van der Waals surface area contributed by atoms with Crippen molar-refractivity contribution in [1.82, 2.24) is 4.90 Å². The first-order chi connectivity index (χ1) is 14.3. The Kier molecular flexibility index (Phi) is 6.42. The number of anilines is 1. The van der Waals surface area contributed by atoms with Gasteiger partial charge < -0.3 is 9.64 Å². The van der Waals surface area contributed by atoms with Gasteiger partial charge in [0.2, 0.25) is 0 Å². The van der Waals surface area contributed by atoms with Crippen LogP contribution in [0.25, 0.3) is 0 Å². The average molecular weight is 425 g/mol. The summed E-state index contributed by atoms with van der Waals surface area (Å²) >= 11 is 0. The van der Waals surface area contributed by atoms with Gasteiger partial charge in [-0.1, -0.05) is 35.9 Å². The third kappa shape index (κ3) is 5.18. The highest BCUT2D eigenvalue weighted by Crippen LogP contribution is 2.20. The second-order valence-corrected chi connectivity index (χ2v) is 8.69. The van der Waals surface area contributed by atoms with Crippen LogP contribution in [0.2, 0.25) is 0 Å². The van der Waals surface area contributed by atoms with Crippen molar-refractivity contribution in [1.29, 1.82) is 0 Å². The number of benzene rings is 3. The monoisotopic (exact) mass is 424 g/mol. The van der Waals surface area contributed by atoms with Gasteiger partial charge in [0.1, 0.15) is 5.75 Å². The Morgan fingerprint density at radius 3 is 2.30 bits per heavy atom. The van der Waals surface area contributed by atoms with Crippen LogP contribution in [0.4, 0.5) is 5.69 Å². The normalized spacial score (nSPS) is 11.0. The van der Waals surface area contributed by atoms with E-state index in [9.17, 15) is 13.2 Å². The van der Waals surface area contributed by atoms with Crippen molar-refractivity contribution in [3.05, 3.63) is 89.5 Å². The number of ether oxygens (including phenoxy) is 1. The Hall–Kier alpha value is -3.32. The maximum atomic E-state index is 12.8. The van der Waals surface area contributed by atoms with Crippen LogP contribution in [0.1, 0.15) is 21.5 Å². The molecule has 0 unspecified atom stereocenters. The molecule has 3 aromatic carbocycles. The van der Waals surface area contributed by atoms with Crippen LogP contribution in [0.3, 0.4) is 0 Å². The van der Waals surface area contributed by atoms with Crippen LogP contribution >= 0.6 is 0 Å². The van der Waals surface area contributed by atoms with Crippen LogP contribution in [0.15, 0.2) is 77.7 Å². The summed E-state index contributed by atoms with van der Waals surface area (Å²) in [6, 6.07) is 20.5. The molecule has 1 N–H and O–H groups in total. The first-order valence-electron chi connectivity index (χ1n) is 9.36. The highest BCUT2D eigenvalue weighted by molar-refractivity contribution is 7.92. The summed E-state index contributed by atoms with van der Waals surface area (Å²) in [4.78, 5) is 14.4. The van der Waals surface area contributed by atoms with E-state index in [1.165, 1.54) is 19.2 Å². The van der Waals surface area contributed by atoms with E-state index in [0.29, 0.717) is 23.5 Å². The van der Waals surface area contributed by atoms with E-state index in [1.54, 1.807) is 48.3 Å². The lowest BCUT2D eigenvalue weighted by Gasteiger charge is -2.18. The van der Waals surface area contributed by atoms with Crippen molar-refractivity contribution >= 4 is 21.6 Å². The molecule has 1 amide bonds. The summed E-state index contributed by atoms with van der Waals surface area (Å²) < 4.78 is 33.1. The predicted octanol–water partition coefficient (Wildman–Crippen LogP) is 4.08. The number of hydrogen-bond donors (Lipinski definition) is 1. The van der Waals surface area contributed by atoms with Crippen molar-refractivity contribution in [2.24, 2.45) is 0 Å². The van der Waals surface area contributed by atoms with Crippen molar-refractivity contribution in [3.8, 4) is 5.75 Å². The third-order valence-electron chi connectivity index (χ3n) is 4.62. The number of rotatable bonds is 7. The summed E-state index contributed by atoms with van der Waals surface area (Å²) in [6.45, 7) is 2.44. The van der Waals surface area contributed by atoms with Crippen LogP contribution in [0.5, 0.6) is 5.75 Å². The van der Waals surface area contributed by atoms with Gasteiger partial charge in [0.05, 0.1) is 12.0 Å². The lowest BCUT2D eigenvalue weighted by molar-refractivity contribution is 0.0785. The minimum Gasteiger partial charge on any atom is -0.497 e. The van der Waals surface area contributed by atoms with Crippen molar-refractivity contribution < 1.29 is 17.9 Å². The highest BCUT2D eigenvalue weighted by Gasteiger charge is 2.18. The topological polar surface area (TPSA) is 75.7 Å². The molecule has 0 aliphatic heterocycles. The first-order valence-corrected chi connectivity index (χ1v) is 10.8. The summed E-state index contributed by atoms with van der Waals surface area (Å²) in [5, 5.41) is 0. The zero-order valence-corrected chi connectivity index (χ0v) is 17.9. The lowest BCUT2D eigenvalue weighted by atomic mass is 10.1. The van der Waals surface area contributed by atoms with Crippen molar-refractivity contribution in [2.45, 2.75) is 18.4 Å². The number of nitrogens with one attached hydrogen (secondary N) is 1. The molecule has 7 heteroatoms. The molecular weight excluding hydrogens is 400 g/mol. The van der Waals surface area contributed by atoms with E-state index in [-0.39, 0.29) is 10.8 Å². The molecule has 0 radical (unpaired) electrons. The summed E-state index contributed by atoms with van der Waals surface area (Å²) in [6.07, 6.45) is 0. The Morgan fingerprint density at radius 2 is 1.67 bits per heavy atom. The Morgan fingerprint density at radius 1 is 1.00 bits per heavy atom. The van der Waals surface area contributed by atoms with E-state index < -0.39 is 10.0 Å². The molecular formula is C23H24N2O4S. The summed E-state index contributed by atoms with van der Waals surface area (Å²) in [5.41, 5.74) is 2.86. The van der Waals surface area contributed by atoms with Gasteiger partial charge in [0, 0.05) is 24.8 Å². The maximum absolute atomic E-state index is 12.8. The standard InChI is InChI=1S/C23H24N2O4S/c1-17-7-9-18(10-8-17)16-25(2)23(26)19-5-4-6-22(15-19)30(27,28)24-20-11-13-21(29-3)14-12-20/h4-15,24H,16H2,1-3H3. The Bertz CT molecular complexity index is 1120. The minimum absolute atomic E-state index is 0.0212. The van der Waals surface area contributed by atoms with Gasteiger partial charge in [-0.2, -0.15) is 0 Å². The molecule has 0 atom stereocenters. The highest BCUT2D eigenvalue weighted by atomic mass is 32.2. The van der Waals surface area contributed by atoms with Gasteiger partial charge in [-0.15, -0.1) is 0 Å². The first kappa shape index (κ1) is 21.4. The second kappa shape index (κ2) is 9.00. The zero-order chi connectivity index (χ0) is 21.7. The fourth-order valence-corrected chi connectivity index (χ4v) is 4.03. The fraction of sp³-hybridized carbons (Fsp3) is 0.174. The van der Waals surface area contributed by atoms with Gasteiger partial charge >= 0.3 is 0 Å². The molecule has 0 heterocycles. The van der Waals surface area contributed by atoms with E-state index in [2.05, 4.69) is 4.72 Å². The molecule has 0 bridgehead atoms. The molecule has 3 aromatic rings. The van der Waals surface area contributed by atoms with Crippen molar-refractivity contribution in [3.63, 3.8) is 0 Å². The van der Waals surface area contributed by atoms with Gasteiger partial charge in [0.25, 0.3) is 15.9 Å². The number of carbonyl (C=O) groups excluding carboxylic acids is 1. The molecule has 0 saturated heterocycles. The van der Waals surface area contributed by atoms with Gasteiger partial charge in [-0.05, 0) is 55.0 Å². The number of hydrogen-bond acceptors (Lipinski definition) is 4. The SMILES string of the molecule is COc1ccc(NS(=O)(=O)c2cccc(C(=O)N(C)Cc3ccc(C)cc3)c2)cc1.